The van der Waals surface area contributed by atoms with Gasteiger partial charge in [0.15, 0.2) is 0 Å². The molecule has 1 aromatic carbocycles. The maximum absolute atomic E-state index is 2.36. The van der Waals surface area contributed by atoms with Gasteiger partial charge in [-0.05, 0) is 36.8 Å². The van der Waals surface area contributed by atoms with Crippen molar-refractivity contribution in [3.8, 4) is 0 Å². The molecule has 0 heterocycles. The van der Waals surface area contributed by atoms with E-state index in [9.17, 15) is 0 Å². The summed E-state index contributed by atoms with van der Waals surface area (Å²) in [7, 11) is 0. The molecule has 0 saturated carbocycles. The summed E-state index contributed by atoms with van der Waals surface area (Å²) in [6.07, 6.45) is 17.9. The minimum absolute atomic E-state index is 1.22. The quantitative estimate of drug-likeness (QED) is 0.389. The highest BCUT2D eigenvalue weighted by Gasteiger charge is 1.94. The van der Waals surface area contributed by atoms with E-state index in [1.54, 1.807) is 0 Å². The molecule has 0 bridgehead atoms. The van der Waals surface area contributed by atoms with E-state index in [2.05, 4.69) is 50.3 Å². The van der Waals surface area contributed by atoms with Gasteiger partial charge in [0.05, 0.1) is 0 Å². The standard InChI is InChI=1S/C20H32/c1-3-5-7-9-10-12-15-20-17-13-16-19(18-20)14-11-8-6-4-2/h12-13,15-18H,3-11,14H2,1-2H3. The molecule has 0 fully saturated rings. The molecule has 0 spiro atoms. The molecule has 0 aliphatic rings. The third-order valence-corrected chi connectivity index (χ3v) is 3.80. The summed E-state index contributed by atoms with van der Waals surface area (Å²) in [6, 6.07) is 9.04. The lowest BCUT2D eigenvalue weighted by molar-refractivity contribution is 0.667. The van der Waals surface area contributed by atoms with E-state index in [4.69, 9.17) is 0 Å². The molecule has 0 aromatic heterocycles. The fraction of sp³-hybridized carbons (Fsp3) is 0.600. The van der Waals surface area contributed by atoms with Gasteiger partial charge in [-0.15, -0.1) is 0 Å². The lowest BCUT2D eigenvalue weighted by Gasteiger charge is -2.03. The zero-order valence-electron chi connectivity index (χ0n) is 13.5. The van der Waals surface area contributed by atoms with Gasteiger partial charge in [0.2, 0.25) is 0 Å². The molecule has 0 heteroatoms. The van der Waals surface area contributed by atoms with Crippen LogP contribution in [-0.4, -0.2) is 0 Å². The van der Waals surface area contributed by atoms with E-state index in [-0.39, 0.29) is 0 Å². The minimum atomic E-state index is 1.22. The molecule has 20 heavy (non-hydrogen) atoms. The zero-order valence-corrected chi connectivity index (χ0v) is 13.5. The number of hydrogen-bond acceptors (Lipinski definition) is 0. The van der Waals surface area contributed by atoms with Gasteiger partial charge in [-0.1, -0.05) is 88.8 Å². The Morgan fingerprint density at radius 3 is 2.35 bits per heavy atom. The average Bonchev–Trinajstić information content (AvgIpc) is 2.48. The van der Waals surface area contributed by atoms with Crippen LogP contribution >= 0.6 is 0 Å². The molecule has 0 atom stereocenters. The van der Waals surface area contributed by atoms with Crippen LogP contribution in [0.25, 0.3) is 6.08 Å². The van der Waals surface area contributed by atoms with Gasteiger partial charge in [-0.2, -0.15) is 0 Å². The summed E-state index contributed by atoms with van der Waals surface area (Å²) in [6.45, 7) is 4.54. The third kappa shape index (κ3) is 8.19. The number of benzene rings is 1. The van der Waals surface area contributed by atoms with Gasteiger partial charge >= 0.3 is 0 Å². The zero-order chi connectivity index (χ0) is 14.5. The van der Waals surface area contributed by atoms with Crippen molar-refractivity contribution in [2.24, 2.45) is 0 Å². The molecule has 0 N–H and O–H groups in total. The Bertz CT molecular complexity index is 362. The summed E-state index contributed by atoms with van der Waals surface area (Å²) in [4.78, 5) is 0. The molecule has 0 aliphatic heterocycles. The molecule has 1 rings (SSSR count). The molecule has 0 amide bonds. The van der Waals surface area contributed by atoms with Crippen LogP contribution < -0.4 is 0 Å². The Labute approximate surface area is 126 Å². The summed E-state index contributed by atoms with van der Waals surface area (Å²) in [5, 5.41) is 0. The Balaban J connectivity index is 2.29. The van der Waals surface area contributed by atoms with Crippen molar-refractivity contribution in [1.29, 1.82) is 0 Å². The molecule has 0 saturated heterocycles. The van der Waals surface area contributed by atoms with Crippen LogP contribution in [0.2, 0.25) is 0 Å². The summed E-state index contributed by atoms with van der Waals surface area (Å²) in [5.41, 5.74) is 2.86. The Kier molecular flexibility index (Phi) is 10.0. The van der Waals surface area contributed by atoms with Gasteiger partial charge in [0, 0.05) is 0 Å². The number of aryl methyl sites for hydroxylation is 1. The molecular weight excluding hydrogens is 240 g/mol. The molecule has 0 unspecified atom stereocenters. The third-order valence-electron chi connectivity index (χ3n) is 3.80. The minimum Gasteiger partial charge on any atom is -0.0839 e. The second-order valence-electron chi connectivity index (χ2n) is 5.81. The monoisotopic (exact) mass is 272 g/mol. The number of allylic oxidation sites excluding steroid dienone is 1. The van der Waals surface area contributed by atoms with Crippen LogP contribution in [0.1, 0.15) is 82.8 Å². The average molecular weight is 272 g/mol. The fourth-order valence-corrected chi connectivity index (χ4v) is 2.52. The van der Waals surface area contributed by atoms with Gasteiger partial charge in [-0.25, -0.2) is 0 Å². The largest absolute Gasteiger partial charge is 0.0839 e. The summed E-state index contributed by atoms with van der Waals surface area (Å²) < 4.78 is 0. The van der Waals surface area contributed by atoms with E-state index < -0.39 is 0 Å². The maximum atomic E-state index is 2.36. The van der Waals surface area contributed by atoms with Gasteiger partial charge in [0.25, 0.3) is 0 Å². The predicted octanol–water partition coefficient (Wildman–Crippen LogP) is 6.79. The Morgan fingerprint density at radius 1 is 0.850 bits per heavy atom. The highest BCUT2D eigenvalue weighted by atomic mass is 14.0. The summed E-state index contributed by atoms with van der Waals surface area (Å²) in [5.74, 6) is 0. The van der Waals surface area contributed by atoms with Crippen LogP contribution in [0.15, 0.2) is 30.3 Å². The first-order chi connectivity index (χ1) is 9.86. The number of rotatable bonds is 11. The van der Waals surface area contributed by atoms with Crippen LogP contribution in [-0.2, 0) is 6.42 Å². The number of unbranched alkanes of at least 4 members (excludes halogenated alkanes) is 7. The van der Waals surface area contributed by atoms with Crippen molar-refractivity contribution < 1.29 is 0 Å². The molecule has 1 aromatic rings. The first-order valence-corrected chi connectivity index (χ1v) is 8.62. The highest BCUT2D eigenvalue weighted by molar-refractivity contribution is 5.50. The fourth-order valence-electron chi connectivity index (χ4n) is 2.52. The SMILES string of the molecule is CCCCCCC=Cc1cccc(CCCCCC)c1. The van der Waals surface area contributed by atoms with Crippen molar-refractivity contribution in [3.63, 3.8) is 0 Å². The number of hydrogen-bond donors (Lipinski definition) is 0. The van der Waals surface area contributed by atoms with Crippen LogP contribution in [0.3, 0.4) is 0 Å². The Hall–Kier alpha value is -1.04. The molecule has 0 aliphatic carbocycles. The van der Waals surface area contributed by atoms with E-state index in [0.29, 0.717) is 0 Å². The van der Waals surface area contributed by atoms with Crippen molar-refractivity contribution in [1.82, 2.24) is 0 Å². The van der Waals surface area contributed by atoms with Crippen molar-refractivity contribution in [2.75, 3.05) is 0 Å². The van der Waals surface area contributed by atoms with Crippen LogP contribution in [0.4, 0.5) is 0 Å². The molecule has 0 nitrogen and oxygen atoms in total. The Morgan fingerprint density at radius 2 is 1.60 bits per heavy atom. The first-order valence-electron chi connectivity index (χ1n) is 8.62. The normalized spacial score (nSPS) is 11.3. The topological polar surface area (TPSA) is 0 Å². The van der Waals surface area contributed by atoms with Crippen molar-refractivity contribution >= 4 is 6.08 Å². The van der Waals surface area contributed by atoms with E-state index >= 15 is 0 Å². The molecular formula is C20H32. The van der Waals surface area contributed by atoms with E-state index in [1.165, 1.54) is 75.3 Å². The van der Waals surface area contributed by atoms with Gasteiger partial charge < -0.3 is 0 Å². The van der Waals surface area contributed by atoms with E-state index in [0.717, 1.165) is 0 Å². The van der Waals surface area contributed by atoms with Gasteiger partial charge in [-0.3, -0.25) is 0 Å². The van der Waals surface area contributed by atoms with Crippen LogP contribution in [0, 0.1) is 0 Å². The molecule has 0 radical (unpaired) electrons. The van der Waals surface area contributed by atoms with Gasteiger partial charge in [0.1, 0.15) is 0 Å². The first kappa shape index (κ1) is 17.0. The molecule has 112 valence electrons. The maximum Gasteiger partial charge on any atom is -0.0257 e. The summed E-state index contributed by atoms with van der Waals surface area (Å²) >= 11 is 0. The smallest absolute Gasteiger partial charge is 0.0257 e. The van der Waals surface area contributed by atoms with Crippen molar-refractivity contribution in [2.45, 2.75) is 78.1 Å². The van der Waals surface area contributed by atoms with Crippen molar-refractivity contribution in [3.05, 3.63) is 41.5 Å². The second kappa shape index (κ2) is 11.8. The lowest BCUT2D eigenvalue weighted by Crippen LogP contribution is -1.86. The lowest BCUT2D eigenvalue weighted by atomic mass is 10.0. The second-order valence-corrected chi connectivity index (χ2v) is 5.81. The van der Waals surface area contributed by atoms with Crippen LogP contribution in [0.5, 0.6) is 0 Å². The predicted molar refractivity (Wildman–Crippen MR) is 92.1 cm³/mol. The highest BCUT2D eigenvalue weighted by Crippen LogP contribution is 2.12. The van der Waals surface area contributed by atoms with E-state index in [1.807, 2.05) is 0 Å².